The van der Waals surface area contributed by atoms with Crippen molar-refractivity contribution in [1.29, 1.82) is 0 Å². The van der Waals surface area contributed by atoms with Gasteiger partial charge in [-0.2, -0.15) is 0 Å². The van der Waals surface area contributed by atoms with Crippen molar-refractivity contribution in [2.24, 2.45) is 0 Å². The molecule has 0 bridgehead atoms. The molecule has 1 fully saturated rings. The highest BCUT2D eigenvalue weighted by Crippen LogP contribution is 2.41. The van der Waals surface area contributed by atoms with E-state index in [1.807, 2.05) is 0 Å². The topological polar surface area (TPSA) is 65.4 Å². The second-order valence-corrected chi connectivity index (χ2v) is 5.60. The van der Waals surface area contributed by atoms with E-state index in [9.17, 15) is 14.4 Å². The van der Waals surface area contributed by atoms with Gasteiger partial charge < -0.3 is 9.30 Å². The number of methoxy groups -OCH3 is 1. The van der Waals surface area contributed by atoms with Crippen molar-refractivity contribution in [2.75, 3.05) is 7.11 Å². The lowest BCUT2D eigenvalue weighted by Gasteiger charge is -2.17. The maximum absolute atomic E-state index is 12.8. The van der Waals surface area contributed by atoms with Crippen LogP contribution in [0.4, 0.5) is 0 Å². The fourth-order valence-electron chi connectivity index (χ4n) is 3.03. The smallest absolute Gasteiger partial charge is 0.340 e. The van der Waals surface area contributed by atoms with Crippen LogP contribution in [0.25, 0.3) is 0 Å². The van der Waals surface area contributed by atoms with E-state index in [0.29, 0.717) is 16.8 Å². The van der Waals surface area contributed by atoms with E-state index in [-0.39, 0.29) is 28.7 Å². The molecule has 4 rings (SSSR count). The Kier molecular flexibility index (Phi) is 2.60. The average Bonchev–Trinajstić information content (AvgIpc) is 3.31. The molecule has 110 valence electrons. The number of benzene rings is 1. The van der Waals surface area contributed by atoms with Gasteiger partial charge in [0.2, 0.25) is 5.78 Å². The molecule has 0 amide bonds. The molecule has 2 aromatic rings. The molecule has 1 aromatic heterocycles. The maximum Gasteiger partial charge on any atom is 0.340 e. The van der Waals surface area contributed by atoms with Crippen LogP contribution < -0.4 is 0 Å². The first-order valence-electron chi connectivity index (χ1n) is 7.15. The minimum atomic E-state index is -0.587. The largest absolute Gasteiger partial charge is 0.465 e. The summed E-state index contributed by atoms with van der Waals surface area (Å²) in [6.45, 7) is 0. The van der Waals surface area contributed by atoms with Gasteiger partial charge in [0, 0.05) is 23.4 Å². The van der Waals surface area contributed by atoms with Crippen LogP contribution in [0.3, 0.4) is 0 Å². The molecule has 0 aliphatic heterocycles. The predicted molar refractivity (Wildman–Crippen MR) is 77.3 cm³/mol. The molecule has 0 N–H and O–H groups in total. The molecule has 0 unspecified atom stereocenters. The van der Waals surface area contributed by atoms with Gasteiger partial charge in [-0.25, -0.2) is 4.79 Å². The number of fused-ring (bicyclic) bond motifs is 2. The van der Waals surface area contributed by atoms with Gasteiger partial charge >= 0.3 is 5.97 Å². The summed E-state index contributed by atoms with van der Waals surface area (Å²) in [6, 6.07) is 6.91. The molecule has 1 aromatic carbocycles. The first-order chi connectivity index (χ1) is 10.6. The Hall–Kier alpha value is -2.69. The zero-order valence-electron chi connectivity index (χ0n) is 12.0. The van der Waals surface area contributed by atoms with Gasteiger partial charge in [0.1, 0.15) is 5.69 Å². The fourth-order valence-corrected chi connectivity index (χ4v) is 3.03. The number of hydrogen-bond donors (Lipinski definition) is 0. The van der Waals surface area contributed by atoms with Crippen molar-refractivity contribution >= 4 is 17.5 Å². The Labute approximate surface area is 126 Å². The minimum absolute atomic E-state index is 0.178. The summed E-state index contributed by atoms with van der Waals surface area (Å²) in [5.41, 5.74) is 1.43. The average molecular weight is 295 g/mol. The van der Waals surface area contributed by atoms with E-state index in [1.54, 1.807) is 35.0 Å². The van der Waals surface area contributed by atoms with Crippen LogP contribution in [0.1, 0.15) is 61.2 Å². The number of nitrogens with zero attached hydrogens (tertiary/aromatic N) is 1. The monoisotopic (exact) mass is 295 g/mol. The van der Waals surface area contributed by atoms with Gasteiger partial charge in [0.05, 0.1) is 18.2 Å². The Bertz CT molecular complexity index is 842. The zero-order valence-corrected chi connectivity index (χ0v) is 12.0. The van der Waals surface area contributed by atoms with E-state index < -0.39 is 5.97 Å². The summed E-state index contributed by atoms with van der Waals surface area (Å²) < 4.78 is 6.55. The molecule has 0 radical (unpaired) electrons. The van der Waals surface area contributed by atoms with E-state index in [0.717, 1.165) is 12.8 Å². The summed E-state index contributed by atoms with van der Waals surface area (Å²) >= 11 is 0. The van der Waals surface area contributed by atoms with Crippen LogP contribution >= 0.6 is 0 Å². The van der Waals surface area contributed by atoms with Crippen molar-refractivity contribution in [3.63, 3.8) is 0 Å². The third-order valence-electron chi connectivity index (χ3n) is 4.24. The number of rotatable bonds is 2. The first-order valence-corrected chi connectivity index (χ1v) is 7.15. The van der Waals surface area contributed by atoms with Crippen LogP contribution in [-0.2, 0) is 4.74 Å². The number of carbonyl (C=O) groups excluding carboxylic acids is 3. The number of esters is 1. The van der Waals surface area contributed by atoms with Crippen LogP contribution in [0.2, 0.25) is 0 Å². The molecule has 1 saturated carbocycles. The zero-order chi connectivity index (χ0) is 15.4. The number of hydrogen-bond acceptors (Lipinski definition) is 4. The number of ketones is 2. The lowest BCUT2D eigenvalue weighted by Crippen LogP contribution is -2.23. The van der Waals surface area contributed by atoms with Crippen molar-refractivity contribution < 1.29 is 19.1 Å². The van der Waals surface area contributed by atoms with E-state index in [2.05, 4.69) is 0 Å². The van der Waals surface area contributed by atoms with E-state index in [1.165, 1.54) is 7.11 Å². The van der Waals surface area contributed by atoms with Gasteiger partial charge in [0.25, 0.3) is 0 Å². The first kappa shape index (κ1) is 13.0. The van der Waals surface area contributed by atoms with Gasteiger partial charge in [0.15, 0.2) is 5.78 Å². The SMILES string of the molecule is COC(=O)c1cn(C2CC2)c2c1C(=O)c1ccccc1C2=O. The summed E-state index contributed by atoms with van der Waals surface area (Å²) in [5.74, 6) is -1.08. The number of ether oxygens (including phenoxy) is 1. The van der Waals surface area contributed by atoms with Gasteiger partial charge in [-0.05, 0) is 12.8 Å². The second kappa shape index (κ2) is 4.40. The molecular weight excluding hydrogens is 282 g/mol. The summed E-state index contributed by atoms with van der Waals surface area (Å²) in [6.07, 6.45) is 3.49. The number of carbonyl (C=O) groups is 3. The Morgan fingerprint density at radius 1 is 1.14 bits per heavy atom. The lowest BCUT2D eigenvalue weighted by molar-refractivity contribution is 0.0597. The standard InChI is InChI=1S/C17H13NO4/c1-22-17(21)12-8-18(9-6-7-9)14-13(12)15(19)10-4-2-3-5-11(10)16(14)20/h2-5,8-9H,6-7H2,1H3. The van der Waals surface area contributed by atoms with Crippen molar-refractivity contribution in [3.8, 4) is 0 Å². The normalized spacial score (nSPS) is 16.2. The van der Waals surface area contributed by atoms with Crippen molar-refractivity contribution in [2.45, 2.75) is 18.9 Å². The molecule has 1 heterocycles. The Morgan fingerprint density at radius 2 is 1.77 bits per heavy atom. The van der Waals surface area contributed by atoms with Crippen LogP contribution in [0.5, 0.6) is 0 Å². The molecular formula is C17H13NO4. The third kappa shape index (κ3) is 1.62. The lowest BCUT2D eigenvalue weighted by atomic mass is 9.86. The van der Waals surface area contributed by atoms with Crippen molar-refractivity contribution in [3.05, 3.63) is 58.4 Å². The molecule has 5 heteroatoms. The molecule has 5 nitrogen and oxygen atoms in total. The summed E-state index contributed by atoms with van der Waals surface area (Å²) in [7, 11) is 1.27. The maximum atomic E-state index is 12.8. The highest BCUT2D eigenvalue weighted by Gasteiger charge is 2.40. The van der Waals surface area contributed by atoms with Gasteiger partial charge in [-0.15, -0.1) is 0 Å². The van der Waals surface area contributed by atoms with E-state index >= 15 is 0 Å². The van der Waals surface area contributed by atoms with Crippen LogP contribution in [0, 0.1) is 0 Å². The van der Waals surface area contributed by atoms with Gasteiger partial charge in [-0.1, -0.05) is 24.3 Å². The quantitative estimate of drug-likeness (QED) is 0.681. The summed E-state index contributed by atoms with van der Waals surface area (Å²) in [4.78, 5) is 37.6. The molecule has 0 saturated heterocycles. The Morgan fingerprint density at radius 3 is 2.36 bits per heavy atom. The highest BCUT2D eigenvalue weighted by molar-refractivity contribution is 6.30. The number of aromatic nitrogens is 1. The predicted octanol–water partition coefficient (Wildman–Crippen LogP) is 2.39. The molecule has 0 spiro atoms. The van der Waals surface area contributed by atoms with E-state index in [4.69, 9.17) is 4.74 Å². The second-order valence-electron chi connectivity index (χ2n) is 5.60. The molecule has 2 aliphatic carbocycles. The fraction of sp³-hybridized carbons (Fsp3) is 0.235. The van der Waals surface area contributed by atoms with Crippen molar-refractivity contribution in [1.82, 2.24) is 4.57 Å². The molecule has 22 heavy (non-hydrogen) atoms. The van der Waals surface area contributed by atoms with Gasteiger partial charge in [-0.3, -0.25) is 9.59 Å². The van der Waals surface area contributed by atoms with Crippen LogP contribution in [0.15, 0.2) is 30.5 Å². The highest BCUT2D eigenvalue weighted by atomic mass is 16.5. The Balaban J connectivity index is 2.01. The third-order valence-corrected chi connectivity index (χ3v) is 4.24. The molecule has 0 atom stereocenters. The minimum Gasteiger partial charge on any atom is -0.465 e. The van der Waals surface area contributed by atoms with Crippen LogP contribution in [-0.4, -0.2) is 29.2 Å². The molecule has 2 aliphatic rings. The summed E-state index contributed by atoms with van der Waals surface area (Å²) in [5, 5.41) is 0.